The molecule has 0 atom stereocenters. The molecule has 5 heteroatoms. The summed E-state index contributed by atoms with van der Waals surface area (Å²) in [7, 11) is 0. The average molecular weight is 401 g/mol. The highest BCUT2D eigenvalue weighted by molar-refractivity contribution is 6.30. The molecule has 0 aromatic heterocycles. The number of phenols is 1. The van der Waals surface area contributed by atoms with Crippen molar-refractivity contribution in [3.63, 3.8) is 0 Å². The van der Waals surface area contributed by atoms with Crippen LogP contribution in [0.25, 0.3) is 0 Å². The zero-order valence-electron chi connectivity index (χ0n) is 17.4. The summed E-state index contributed by atoms with van der Waals surface area (Å²) in [5.74, 6) is 0.119. The van der Waals surface area contributed by atoms with Crippen molar-refractivity contribution in [3.05, 3.63) is 63.7 Å². The summed E-state index contributed by atoms with van der Waals surface area (Å²) in [6, 6.07) is 11.0. The van der Waals surface area contributed by atoms with Crippen LogP contribution in [0, 0.1) is 0 Å². The third-order valence-corrected chi connectivity index (χ3v) is 4.68. The van der Waals surface area contributed by atoms with Crippen molar-refractivity contribution in [2.24, 2.45) is 5.10 Å². The van der Waals surface area contributed by atoms with Crippen molar-refractivity contribution in [1.82, 2.24) is 5.43 Å². The molecule has 4 nitrogen and oxygen atoms in total. The van der Waals surface area contributed by atoms with Crippen LogP contribution in [0.1, 0.15) is 63.8 Å². The molecule has 2 aromatic carbocycles. The van der Waals surface area contributed by atoms with Gasteiger partial charge in [-0.05, 0) is 46.2 Å². The molecule has 150 valence electrons. The molecule has 2 aromatic rings. The Morgan fingerprint density at radius 3 is 2.00 bits per heavy atom. The number of phenolic OH excluding ortho intramolecular Hbond substituents is 1. The van der Waals surface area contributed by atoms with E-state index in [1.807, 2.05) is 24.3 Å². The van der Waals surface area contributed by atoms with Gasteiger partial charge in [-0.15, -0.1) is 0 Å². The lowest BCUT2D eigenvalue weighted by atomic mass is 9.78. The second-order valence-electron chi connectivity index (χ2n) is 9.06. The van der Waals surface area contributed by atoms with E-state index < -0.39 is 0 Å². The summed E-state index contributed by atoms with van der Waals surface area (Å²) in [5, 5.41) is 15.5. The SMILES string of the molecule is CC(C)(C)c1cc(/C=N\NC(=O)Cc2ccc(Cl)cc2)cc(C(C)(C)C)c1O. The minimum Gasteiger partial charge on any atom is -0.507 e. The van der Waals surface area contributed by atoms with Gasteiger partial charge in [-0.1, -0.05) is 65.3 Å². The summed E-state index contributed by atoms with van der Waals surface area (Å²) in [4.78, 5) is 12.1. The molecular formula is C23H29ClN2O2. The molecule has 0 spiro atoms. The molecule has 0 heterocycles. The lowest BCUT2D eigenvalue weighted by Crippen LogP contribution is -2.20. The van der Waals surface area contributed by atoms with Crippen molar-refractivity contribution in [3.8, 4) is 5.75 Å². The largest absolute Gasteiger partial charge is 0.507 e. The van der Waals surface area contributed by atoms with Gasteiger partial charge in [0.05, 0.1) is 12.6 Å². The number of amides is 1. The topological polar surface area (TPSA) is 61.7 Å². The highest BCUT2D eigenvalue weighted by Gasteiger charge is 2.26. The number of carbonyl (C=O) groups excluding carboxylic acids is 1. The Bertz CT molecular complexity index is 838. The second-order valence-corrected chi connectivity index (χ2v) is 9.50. The predicted molar refractivity (Wildman–Crippen MR) is 116 cm³/mol. The molecule has 1 amide bonds. The maximum Gasteiger partial charge on any atom is 0.244 e. The maximum atomic E-state index is 12.1. The van der Waals surface area contributed by atoms with E-state index in [2.05, 4.69) is 52.1 Å². The quantitative estimate of drug-likeness (QED) is 0.538. The van der Waals surface area contributed by atoms with Crippen LogP contribution in [0.15, 0.2) is 41.5 Å². The van der Waals surface area contributed by atoms with Crippen LogP contribution in [0.4, 0.5) is 0 Å². The normalized spacial score (nSPS) is 12.4. The number of hydrogen-bond donors (Lipinski definition) is 2. The number of hydrogen-bond acceptors (Lipinski definition) is 3. The summed E-state index contributed by atoms with van der Waals surface area (Å²) >= 11 is 5.86. The number of aromatic hydroxyl groups is 1. The fraction of sp³-hybridized carbons (Fsp3) is 0.391. The van der Waals surface area contributed by atoms with Gasteiger partial charge in [0.2, 0.25) is 5.91 Å². The Balaban J connectivity index is 2.20. The first kappa shape index (κ1) is 22.0. The van der Waals surface area contributed by atoms with Gasteiger partial charge in [-0.25, -0.2) is 5.43 Å². The van der Waals surface area contributed by atoms with Gasteiger partial charge in [0.15, 0.2) is 0 Å². The first-order valence-corrected chi connectivity index (χ1v) is 9.70. The van der Waals surface area contributed by atoms with Crippen LogP contribution < -0.4 is 5.43 Å². The first-order chi connectivity index (χ1) is 12.9. The zero-order valence-corrected chi connectivity index (χ0v) is 18.2. The molecule has 0 radical (unpaired) electrons. The number of rotatable bonds is 4. The van der Waals surface area contributed by atoms with Crippen LogP contribution in [-0.4, -0.2) is 17.2 Å². The van der Waals surface area contributed by atoms with Gasteiger partial charge in [-0.3, -0.25) is 4.79 Å². The number of carbonyl (C=O) groups is 1. The monoisotopic (exact) mass is 400 g/mol. The minimum absolute atomic E-state index is 0.204. The zero-order chi connectivity index (χ0) is 21.1. The fourth-order valence-corrected chi connectivity index (χ4v) is 3.01. The van der Waals surface area contributed by atoms with E-state index >= 15 is 0 Å². The Kier molecular flexibility index (Phi) is 6.56. The molecule has 2 N–H and O–H groups in total. The molecular weight excluding hydrogens is 372 g/mol. The molecule has 0 aliphatic carbocycles. The van der Waals surface area contributed by atoms with Crippen molar-refractivity contribution < 1.29 is 9.90 Å². The van der Waals surface area contributed by atoms with Gasteiger partial charge in [0.25, 0.3) is 0 Å². The van der Waals surface area contributed by atoms with E-state index in [4.69, 9.17) is 11.6 Å². The van der Waals surface area contributed by atoms with Crippen LogP contribution in [0.3, 0.4) is 0 Å². The van der Waals surface area contributed by atoms with Crippen LogP contribution >= 0.6 is 11.6 Å². The highest BCUT2D eigenvalue weighted by Crippen LogP contribution is 2.39. The predicted octanol–water partition coefficient (Wildman–Crippen LogP) is 5.33. The van der Waals surface area contributed by atoms with Gasteiger partial charge in [0, 0.05) is 16.1 Å². The summed E-state index contributed by atoms with van der Waals surface area (Å²) < 4.78 is 0. The van der Waals surface area contributed by atoms with Crippen molar-refractivity contribution in [2.75, 3.05) is 0 Å². The molecule has 0 aliphatic heterocycles. The van der Waals surface area contributed by atoms with Crippen LogP contribution in [0.5, 0.6) is 5.75 Å². The molecule has 2 rings (SSSR count). The van der Waals surface area contributed by atoms with E-state index in [1.54, 1.807) is 18.3 Å². The molecule has 0 bridgehead atoms. The van der Waals surface area contributed by atoms with Gasteiger partial charge in [0.1, 0.15) is 5.75 Å². The smallest absolute Gasteiger partial charge is 0.244 e. The van der Waals surface area contributed by atoms with E-state index in [1.165, 1.54) is 0 Å². The Morgan fingerprint density at radius 2 is 1.54 bits per heavy atom. The number of hydrazone groups is 1. The van der Waals surface area contributed by atoms with Crippen LogP contribution in [0.2, 0.25) is 5.02 Å². The highest BCUT2D eigenvalue weighted by atomic mass is 35.5. The Hall–Kier alpha value is -2.33. The number of halogens is 1. The summed E-state index contributed by atoms with van der Waals surface area (Å²) in [6.45, 7) is 12.4. The maximum absolute atomic E-state index is 12.1. The van der Waals surface area contributed by atoms with Gasteiger partial charge >= 0.3 is 0 Å². The molecule has 0 fully saturated rings. The molecule has 0 saturated heterocycles. The summed E-state index contributed by atoms with van der Waals surface area (Å²) in [6.07, 6.45) is 1.84. The third-order valence-electron chi connectivity index (χ3n) is 4.43. The van der Waals surface area contributed by atoms with Gasteiger partial charge < -0.3 is 5.11 Å². The average Bonchev–Trinajstić information content (AvgIpc) is 2.56. The third kappa shape index (κ3) is 5.83. The fourth-order valence-electron chi connectivity index (χ4n) is 2.88. The van der Waals surface area contributed by atoms with Gasteiger partial charge in [-0.2, -0.15) is 5.10 Å². The van der Waals surface area contributed by atoms with E-state index in [-0.39, 0.29) is 23.2 Å². The number of benzene rings is 2. The molecule has 28 heavy (non-hydrogen) atoms. The van der Waals surface area contributed by atoms with Crippen molar-refractivity contribution >= 4 is 23.7 Å². The standard InChI is InChI=1S/C23H29ClN2O2/c1-22(2,3)18-11-16(12-19(21(18)28)23(4,5)6)14-25-26-20(27)13-15-7-9-17(24)10-8-15/h7-12,14,28H,13H2,1-6H3,(H,26,27)/b25-14-. The first-order valence-electron chi connectivity index (χ1n) is 9.32. The molecule has 0 aliphatic rings. The lowest BCUT2D eigenvalue weighted by molar-refractivity contribution is -0.120. The van der Waals surface area contributed by atoms with E-state index in [0.717, 1.165) is 22.3 Å². The van der Waals surface area contributed by atoms with Crippen LogP contribution in [-0.2, 0) is 22.0 Å². The minimum atomic E-state index is -0.217. The summed E-state index contributed by atoms with van der Waals surface area (Å²) in [5.41, 5.74) is 5.54. The lowest BCUT2D eigenvalue weighted by Gasteiger charge is -2.27. The van der Waals surface area contributed by atoms with Crippen molar-refractivity contribution in [2.45, 2.75) is 58.8 Å². The van der Waals surface area contributed by atoms with Crippen molar-refractivity contribution in [1.29, 1.82) is 0 Å². The number of nitrogens with zero attached hydrogens (tertiary/aromatic N) is 1. The van der Waals surface area contributed by atoms with E-state index in [0.29, 0.717) is 10.8 Å². The number of nitrogens with one attached hydrogen (secondary N) is 1. The Labute approximate surface area is 172 Å². The molecule has 0 unspecified atom stereocenters. The second kappa shape index (κ2) is 8.36. The molecule has 0 saturated carbocycles. The van der Waals surface area contributed by atoms with E-state index in [9.17, 15) is 9.90 Å². The Morgan fingerprint density at radius 1 is 1.04 bits per heavy atom.